The lowest BCUT2D eigenvalue weighted by Gasteiger charge is -2.31. The highest BCUT2D eigenvalue weighted by Gasteiger charge is 2.30. The van der Waals surface area contributed by atoms with Crippen molar-refractivity contribution in [1.29, 1.82) is 10.5 Å². The van der Waals surface area contributed by atoms with Crippen molar-refractivity contribution in [2.45, 2.75) is 167 Å². The van der Waals surface area contributed by atoms with E-state index < -0.39 is 12.2 Å². The van der Waals surface area contributed by atoms with Gasteiger partial charge in [-0.25, -0.2) is 0 Å². The Kier molecular flexibility index (Phi) is 16.0. The van der Waals surface area contributed by atoms with E-state index in [1.165, 1.54) is 125 Å². The number of rotatable bonds is 18. The number of ether oxygens (including phenoxy) is 1. The number of benzene rings is 4. The van der Waals surface area contributed by atoms with Gasteiger partial charge in [-0.3, -0.25) is 0 Å². The van der Waals surface area contributed by atoms with Gasteiger partial charge in [-0.05, 0) is 133 Å². The van der Waals surface area contributed by atoms with E-state index in [9.17, 15) is 10.5 Å². The maximum Gasteiger partial charge on any atom is 0.110 e. The van der Waals surface area contributed by atoms with Crippen molar-refractivity contribution in [3.8, 4) is 12.1 Å². The van der Waals surface area contributed by atoms with Crippen molar-refractivity contribution < 1.29 is 4.74 Å². The zero-order valence-electron chi connectivity index (χ0n) is 35.6. The van der Waals surface area contributed by atoms with Crippen molar-refractivity contribution in [3.05, 3.63) is 141 Å². The van der Waals surface area contributed by atoms with Crippen LogP contribution in [0.5, 0.6) is 0 Å². The van der Waals surface area contributed by atoms with E-state index in [-0.39, 0.29) is 0 Å². The normalized spacial score (nSPS) is 20.7. The fraction of sp³-hybridized carbons (Fsp3) is 0.519. The third-order valence-corrected chi connectivity index (χ3v) is 13.7. The van der Waals surface area contributed by atoms with Gasteiger partial charge in [-0.15, -0.1) is 0 Å². The van der Waals surface area contributed by atoms with E-state index in [1.54, 1.807) is 0 Å². The molecule has 3 nitrogen and oxygen atoms in total. The van der Waals surface area contributed by atoms with Crippen molar-refractivity contribution in [2.24, 2.45) is 11.8 Å². The summed E-state index contributed by atoms with van der Waals surface area (Å²) in [5.41, 5.74) is 10.3. The van der Waals surface area contributed by atoms with Crippen LogP contribution in [0.3, 0.4) is 0 Å². The Morgan fingerprint density at radius 1 is 0.509 bits per heavy atom. The first kappa shape index (κ1) is 42.4. The minimum atomic E-state index is -0.501. The maximum atomic E-state index is 10.8. The largest absolute Gasteiger partial charge is 0.356 e. The third-order valence-electron chi connectivity index (χ3n) is 13.7. The van der Waals surface area contributed by atoms with Gasteiger partial charge < -0.3 is 4.74 Å². The maximum absolute atomic E-state index is 10.8. The molecular weight excluding hydrogens is 693 g/mol. The molecule has 2 fully saturated rings. The highest BCUT2D eigenvalue weighted by atomic mass is 16.5. The number of unbranched alkanes of at least 4 members (excludes halogenated alkanes) is 4. The van der Waals surface area contributed by atoms with Gasteiger partial charge in [0.2, 0.25) is 0 Å². The minimum absolute atomic E-state index is 0.495. The van der Waals surface area contributed by atoms with Crippen molar-refractivity contribution in [3.63, 3.8) is 0 Å². The first-order valence-corrected chi connectivity index (χ1v) is 22.9. The molecule has 2 atom stereocenters. The Hall–Kier alpha value is -4.18. The summed E-state index contributed by atoms with van der Waals surface area (Å²) < 4.78 is 7.42. The van der Waals surface area contributed by atoms with Crippen LogP contribution in [0.4, 0.5) is 0 Å². The quantitative estimate of drug-likeness (QED) is 0.0949. The molecule has 0 saturated heterocycles. The van der Waals surface area contributed by atoms with Gasteiger partial charge in [-0.2, -0.15) is 10.5 Å². The van der Waals surface area contributed by atoms with Crippen LogP contribution in [0.1, 0.15) is 210 Å². The Balaban J connectivity index is 1.33. The van der Waals surface area contributed by atoms with E-state index in [4.69, 9.17) is 4.74 Å². The standard InChI is InChI=1S/C54H68N2O/c1-5-9-11-13-41-19-23-43(24-20-41)47-31-33-51(49(35-47)37-55)53(45-27-15-39(7-3)16-28-45)57-54(46-29-17-40(8-4)18-30-46)52-34-32-48(36-50(52)38-56)44-25-21-42(22-26-44)14-12-10-6-2/h15-18,27-36,41-44,53-54H,5-14,19-26H2,1-4H3/t41-,42-,43-,44-,53?,54?. The van der Waals surface area contributed by atoms with E-state index in [2.05, 4.69) is 125 Å². The molecule has 0 aromatic heterocycles. The minimum Gasteiger partial charge on any atom is -0.356 e. The van der Waals surface area contributed by atoms with Gasteiger partial charge in [0, 0.05) is 11.1 Å². The molecule has 2 aliphatic rings. The molecule has 2 aliphatic carbocycles. The van der Waals surface area contributed by atoms with Gasteiger partial charge in [0.25, 0.3) is 0 Å². The van der Waals surface area contributed by atoms with Crippen LogP contribution < -0.4 is 0 Å². The molecule has 2 saturated carbocycles. The summed E-state index contributed by atoms with van der Waals surface area (Å²) in [5, 5.41) is 21.5. The molecular formula is C54H68N2O. The highest BCUT2D eigenvalue weighted by Crippen LogP contribution is 2.43. The van der Waals surface area contributed by atoms with Gasteiger partial charge >= 0.3 is 0 Å². The average Bonchev–Trinajstić information content (AvgIpc) is 3.27. The molecule has 0 amide bonds. The molecule has 4 aromatic carbocycles. The molecule has 0 bridgehead atoms. The second-order valence-corrected chi connectivity index (χ2v) is 17.4. The number of hydrogen-bond acceptors (Lipinski definition) is 3. The first-order valence-electron chi connectivity index (χ1n) is 22.9. The van der Waals surface area contributed by atoms with E-state index in [0.717, 1.165) is 46.9 Å². The Morgan fingerprint density at radius 3 is 1.23 bits per heavy atom. The molecule has 57 heavy (non-hydrogen) atoms. The fourth-order valence-corrected chi connectivity index (χ4v) is 9.90. The molecule has 3 heteroatoms. The van der Waals surface area contributed by atoms with Gasteiger partial charge in [0.15, 0.2) is 0 Å². The summed E-state index contributed by atoms with van der Waals surface area (Å²) in [4.78, 5) is 0. The number of aryl methyl sites for hydroxylation is 2. The van der Waals surface area contributed by atoms with E-state index >= 15 is 0 Å². The molecule has 2 unspecified atom stereocenters. The summed E-state index contributed by atoms with van der Waals surface area (Å²) in [6.07, 6.45) is 21.5. The predicted octanol–water partition coefficient (Wildman–Crippen LogP) is 15.2. The Morgan fingerprint density at radius 2 is 0.895 bits per heavy atom. The topological polar surface area (TPSA) is 56.8 Å². The Labute approximate surface area is 345 Å². The highest BCUT2D eigenvalue weighted by molar-refractivity contribution is 5.49. The molecule has 4 aromatic rings. The lowest BCUT2D eigenvalue weighted by Crippen LogP contribution is -2.17. The molecule has 0 heterocycles. The monoisotopic (exact) mass is 761 g/mol. The van der Waals surface area contributed by atoms with Crippen LogP contribution in [0.15, 0.2) is 84.9 Å². The lowest BCUT2D eigenvalue weighted by molar-refractivity contribution is 0.0305. The predicted molar refractivity (Wildman–Crippen MR) is 236 cm³/mol. The molecule has 0 radical (unpaired) electrons. The van der Waals surface area contributed by atoms with Crippen molar-refractivity contribution >= 4 is 0 Å². The summed E-state index contributed by atoms with van der Waals surface area (Å²) >= 11 is 0. The van der Waals surface area contributed by atoms with Crippen molar-refractivity contribution in [2.75, 3.05) is 0 Å². The van der Waals surface area contributed by atoms with Crippen molar-refractivity contribution in [1.82, 2.24) is 0 Å². The van der Waals surface area contributed by atoms with Crippen LogP contribution in [-0.4, -0.2) is 0 Å². The second-order valence-electron chi connectivity index (χ2n) is 17.4. The first-order chi connectivity index (χ1) is 28.0. The lowest BCUT2D eigenvalue weighted by atomic mass is 9.76. The van der Waals surface area contributed by atoms with Crippen LogP contribution in [0.2, 0.25) is 0 Å². The van der Waals surface area contributed by atoms with Crippen LogP contribution in [0.25, 0.3) is 0 Å². The van der Waals surface area contributed by atoms with E-state index in [1.807, 2.05) is 0 Å². The third kappa shape index (κ3) is 11.1. The van der Waals surface area contributed by atoms with Crippen LogP contribution in [-0.2, 0) is 17.6 Å². The molecule has 0 N–H and O–H groups in total. The molecule has 0 spiro atoms. The summed E-state index contributed by atoms with van der Waals surface area (Å²) in [5.74, 6) is 2.68. The van der Waals surface area contributed by atoms with Gasteiger partial charge in [0.1, 0.15) is 12.2 Å². The number of hydrogen-bond donors (Lipinski definition) is 0. The van der Waals surface area contributed by atoms with Gasteiger partial charge in [0.05, 0.1) is 23.3 Å². The smallest absolute Gasteiger partial charge is 0.110 e. The van der Waals surface area contributed by atoms with Crippen LogP contribution >= 0.6 is 0 Å². The number of nitrogens with zero attached hydrogens (tertiary/aromatic N) is 2. The number of nitriles is 2. The van der Waals surface area contributed by atoms with Gasteiger partial charge in [-0.1, -0.05) is 152 Å². The van der Waals surface area contributed by atoms with E-state index in [0.29, 0.717) is 23.0 Å². The molecule has 0 aliphatic heterocycles. The summed E-state index contributed by atoms with van der Waals surface area (Å²) in [6, 6.07) is 35.8. The average molecular weight is 761 g/mol. The molecule has 6 rings (SSSR count). The van der Waals surface area contributed by atoms with Crippen LogP contribution in [0, 0.1) is 34.5 Å². The summed E-state index contributed by atoms with van der Waals surface area (Å²) in [7, 11) is 0. The summed E-state index contributed by atoms with van der Waals surface area (Å²) in [6.45, 7) is 8.93. The molecule has 300 valence electrons. The fourth-order valence-electron chi connectivity index (χ4n) is 9.90. The zero-order valence-corrected chi connectivity index (χ0v) is 35.6. The SMILES string of the molecule is CCCCC[C@H]1CC[C@H](c2ccc(C(OC(c3ccc(CC)cc3)c3ccc([C@H]4CC[C@H](CCCCC)CC4)cc3C#N)c3ccc(CC)cc3)c(C#N)c2)CC1. The second kappa shape index (κ2) is 21.5. The Bertz CT molecular complexity index is 1770. The zero-order chi connectivity index (χ0) is 40.0.